The van der Waals surface area contributed by atoms with Crippen molar-refractivity contribution >= 4 is 56.0 Å². The second-order valence-electron chi connectivity index (χ2n) is 6.89. The number of carbonyl (C=O) groups is 2. The molecule has 0 aliphatic carbocycles. The van der Waals surface area contributed by atoms with Crippen molar-refractivity contribution in [1.82, 2.24) is 5.16 Å². The van der Waals surface area contributed by atoms with Gasteiger partial charge in [0.1, 0.15) is 0 Å². The van der Waals surface area contributed by atoms with Crippen molar-refractivity contribution < 1.29 is 22.5 Å². The second kappa shape index (κ2) is 8.49. The fourth-order valence-electron chi connectivity index (χ4n) is 2.89. The van der Waals surface area contributed by atoms with Gasteiger partial charge in [-0.2, -0.15) is 0 Å². The molecule has 30 heavy (non-hydrogen) atoms. The molecule has 0 aliphatic rings. The van der Waals surface area contributed by atoms with E-state index in [4.69, 9.17) is 4.52 Å². The van der Waals surface area contributed by atoms with Crippen LogP contribution in [-0.4, -0.2) is 39.9 Å². The Balaban J connectivity index is 1.95. The number of amides is 1. The van der Waals surface area contributed by atoms with Crippen LogP contribution in [0.2, 0.25) is 0 Å². The van der Waals surface area contributed by atoms with Crippen LogP contribution < -0.4 is 9.86 Å². The topological polar surface area (TPSA) is 106 Å². The predicted molar refractivity (Wildman–Crippen MR) is 117 cm³/mol. The zero-order valence-electron chi connectivity index (χ0n) is 17.1. The molecule has 0 bridgehead atoms. The van der Waals surface area contributed by atoms with Crippen LogP contribution in [0.4, 0.5) is 5.69 Å². The van der Waals surface area contributed by atoms with Gasteiger partial charge in [0, 0.05) is 0 Å². The minimum atomic E-state index is -3.75. The van der Waals surface area contributed by atoms with E-state index in [-0.39, 0.29) is 15.6 Å². The first-order chi connectivity index (χ1) is 14.0. The Morgan fingerprint density at radius 2 is 1.87 bits per heavy atom. The van der Waals surface area contributed by atoms with Crippen molar-refractivity contribution in [2.45, 2.75) is 39.5 Å². The number of hydrogen-bond donors (Lipinski definition) is 1. The Morgan fingerprint density at radius 1 is 1.17 bits per heavy atom. The van der Waals surface area contributed by atoms with E-state index in [0.717, 1.165) is 22.5 Å². The quantitative estimate of drug-likeness (QED) is 0.406. The molecule has 2 heterocycles. The summed E-state index contributed by atoms with van der Waals surface area (Å²) in [6.07, 6.45) is 0. The molecule has 0 fully saturated rings. The van der Waals surface area contributed by atoms with Crippen molar-refractivity contribution in [2.24, 2.45) is 0 Å². The summed E-state index contributed by atoms with van der Waals surface area (Å²) in [4.78, 5) is 25.1. The van der Waals surface area contributed by atoms with Gasteiger partial charge in [-0.1, -0.05) is 0 Å². The number of nitrogens with zero attached hydrogens (tertiary/aromatic N) is 1. The van der Waals surface area contributed by atoms with Crippen LogP contribution in [0.3, 0.4) is 0 Å². The van der Waals surface area contributed by atoms with E-state index in [1.807, 2.05) is 13.0 Å². The van der Waals surface area contributed by atoms with Crippen molar-refractivity contribution in [1.29, 1.82) is 0 Å². The van der Waals surface area contributed by atoms with E-state index in [1.54, 1.807) is 32.2 Å². The Morgan fingerprint density at radius 3 is 2.47 bits per heavy atom. The fourth-order valence-corrected chi connectivity index (χ4v) is 10.0. The van der Waals surface area contributed by atoms with E-state index in [1.165, 1.54) is 13.0 Å². The van der Waals surface area contributed by atoms with Gasteiger partial charge in [0.2, 0.25) is 0 Å². The zero-order valence-corrected chi connectivity index (χ0v) is 20.6. The van der Waals surface area contributed by atoms with Gasteiger partial charge in [0.15, 0.2) is 0 Å². The van der Waals surface area contributed by atoms with Gasteiger partial charge in [-0.25, -0.2) is 0 Å². The van der Waals surface area contributed by atoms with Crippen LogP contribution in [0, 0.1) is 27.7 Å². The summed E-state index contributed by atoms with van der Waals surface area (Å²) in [5.74, 6) is -0.748. The van der Waals surface area contributed by atoms with Gasteiger partial charge in [-0.3, -0.25) is 0 Å². The summed E-state index contributed by atoms with van der Waals surface area (Å²) in [6.45, 7) is 8.59. The summed E-state index contributed by atoms with van der Waals surface area (Å²) >= 11 is -0.371. The van der Waals surface area contributed by atoms with Gasteiger partial charge >= 0.3 is 185 Å². The van der Waals surface area contributed by atoms with Gasteiger partial charge in [-0.15, -0.1) is 0 Å². The predicted octanol–water partition coefficient (Wildman–Crippen LogP) is 3.14. The molecule has 0 saturated carbocycles. The Hall–Kier alpha value is -2.22. The minimum absolute atomic E-state index is 0.0346. The van der Waals surface area contributed by atoms with E-state index in [2.05, 4.69) is 10.5 Å². The molecule has 3 rings (SSSR count). The molecule has 0 atom stereocenters. The molecule has 0 aliphatic heterocycles. The van der Waals surface area contributed by atoms with Crippen LogP contribution in [0.1, 0.15) is 49.3 Å². The molecule has 1 aromatic carbocycles. The molecule has 3 aromatic rings. The maximum atomic E-state index is 13.0. The number of ketones is 1. The average Bonchev–Trinajstić information content (AvgIpc) is 3.26. The molecular formula is C20H20AsN2O5S2. The van der Waals surface area contributed by atoms with Gasteiger partial charge < -0.3 is 0 Å². The van der Waals surface area contributed by atoms with Crippen LogP contribution in [-0.2, 0) is 8.10 Å². The number of rotatable bonds is 6. The number of aromatic nitrogens is 1. The van der Waals surface area contributed by atoms with E-state index in [9.17, 15) is 18.0 Å². The molecule has 0 saturated heterocycles. The summed E-state index contributed by atoms with van der Waals surface area (Å²) < 4.78 is 31.5. The summed E-state index contributed by atoms with van der Waals surface area (Å²) in [5.41, 5.74) is 3.77. The molecule has 10 heteroatoms. The fraction of sp³-hybridized carbons (Fsp3) is 0.250. The van der Waals surface area contributed by atoms with Crippen LogP contribution >= 0.6 is 11.3 Å². The molecule has 1 radical (unpaired) electrons. The summed E-state index contributed by atoms with van der Waals surface area (Å²) in [7, 11) is -3.75. The summed E-state index contributed by atoms with van der Waals surface area (Å²) in [5, 5.41) is 8.12. The number of thiophene rings is 1. The molecule has 7 nitrogen and oxygen atoms in total. The molecule has 157 valence electrons. The normalized spacial score (nSPS) is 11.9. The number of Topliss-reactive ketones (excluding diaryl/α,β-unsaturated/α-hetero) is 1. The Bertz CT molecular complexity index is 1260. The van der Waals surface area contributed by atoms with E-state index < -0.39 is 28.6 Å². The monoisotopic (exact) mass is 507 g/mol. The molecule has 0 spiro atoms. The summed E-state index contributed by atoms with van der Waals surface area (Å²) in [6, 6.07) is 4.99. The molecule has 2 aromatic heterocycles. The molecule has 1 amide bonds. The number of anilines is 1. The van der Waals surface area contributed by atoms with Gasteiger partial charge in [0.05, 0.1) is 0 Å². The number of benzene rings is 1. The van der Waals surface area contributed by atoms with Crippen molar-refractivity contribution in [3.8, 4) is 0 Å². The van der Waals surface area contributed by atoms with E-state index >= 15 is 0 Å². The first-order valence-corrected chi connectivity index (χ1v) is 14.5. The molecule has 1 N–H and O–H groups in total. The Labute approximate surface area is 184 Å². The first kappa shape index (κ1) is 22.5. The number of hydrogen-bond acceptors (Lipinski definition) is 7. The van der Waals surface area contributed by atoms with Gasteiger partial charge in [0.25, 0.3) is 0 Å². The van der Waals surface area contributed by atoms with Crippen molar-refractivity contribution in [3.63, 3.8) is 0 Å². The molecule has 0 unspecified atom stereocenters. The maximum absolute atomic E-state index is 13.0. The second-order valence-corrected chi connectivity index (χ2v) is 14.4. The van der Waals surface area contributed by atoms with Crippen LogP contribution in [0.5, 0.6) is 0 Å². The van der Waals surface area contributed by atoms with Crippen LogP contribution in [0.15, 0.2) is 33.0 Å². The van der Waals surface area contributed by atoms with Gasteiger partial charge in [-0.05, 0) is 0 Å². The third-order valence-corrected chi connectivity index (χ3v) is 11.6. The third kappa shape index (κ3) is 4.43. The Kier molecular flexibility index (Phi) is 6.36. The third-order valence-electron chi connectivity index (χ3n) is 4.55. The first-order valence-electron chi connectivity index (χ1n) is 8.93. The van der Waals surface area contributed by atoms with E-state index in [0.29, 0.717) is 27.1 Å². The van der Waals surface area contributed by atoms with Crippen molar-refractivity contribution in [3.05, 3.63) is 56.4 Å². The SMILES string of the molecule is CC(=O)c1cc(C)cc(C)c1NC(=O)c1sccc1S(=O)(=O)[As]c1onc(C)c1C. The average molecular weight is 507 g/mol. The molecular weight excluding hydrogens is 487 g/mol. The number of nitrogens with one attached hydrogen (secondary N) is 1. The number of carbonyl (C=O) groups excluding carboxylic acids is 2. The number of aryl methyl sites for hydroxylation is 3. The zero-order chi connectivity index (χ0) is 22.2. The standard InChI is InChI=1S/C20H20AsN2O5S2/c1-10-8-11(2)17(15(9-10)14(5)24)22-20(25)18-16(6-7-29-18)30(26,27)21-19-12(3)13(4)23-28-19/h6-9H,1-5H3,(H,22,25). The van der Waals surface area contributed by atoms with Crippen LogP contribution in [0.25, 0.3) is 0 Å². The van der Waals surface area contributed by atoms with Crippen molar-refractivity contribution in [2.75, 3.05) is 5.32 Å².